The highest BCUT2D eigenvalue weighted by Crippen LogP contribution is 2.25. The van der Waals surface area contributed by atoms with Gasteiger partial charge < -0.3 is 15.5 Å². The van der Waals surface area contributed by atoms with Gasteiger partial charge in [-0.05, 0) is 24.1 Å². The Morgan fingerprint density at radius 1 is 1.41 bits per heavy atom. The van der Waals surface area contributed by atoms with Crippen molar-refractivity contribution in [1.29, 1.82) is 0 Å². The Morgan fingerprint density at radius 3 is 2.71 bits per heavy atom. The first-order valence-electron chi connectivity index (χ1n) is 5.39. The predicted octanol–water partition coefficient (Wildman–Crippen LogP) is 1.63. The van der Waals surface area contributed by atoms with E-state index in [1.165, 1.54) is 12.1 Å². The van der Waals surface area contributed by atoms with Crippen molar-refractivity contribution in [3.8, 4) is 11.5 Å². The minimum absolute atomic E-state index is 0.0711. The lowest BCUT2D eigenvalue weighted by Crippen LogP contribution is -2.31. The van der Waals surface area contributed by atoms with Crippen LogP contribution in [-0.4, -0.2) is 28.5 Å². The van der Waals surface area contributed by atoms with E-state index in [-0.39, 0.29) is 23.3 Å². The summed E-state index contributed by atoms with van der Waals surface area (Å²) < 4.78 is 0. The molecule has 1 unspecified atom stereocenters. The predicted molar refractivity (Wildman–Crippen MR) is 66.4 cm³/mol. The van der Waals surface area contributed by atoms with Crippen LogP contribution in [0.25, 0.3) is 0 Å². The molecule has 0 saturated carbocycles. The summed E-state index contributed by atoms with van der Waals surface area (Å²) >= 11 is 5.47. The van der Waals surface area contributed by atoms with E-state index < -0.39 is 0 Å². The van der Waals surface area contributed by atoms with Crippen LogP contribution in [0, 0.1) is 5.92 Å². The summed E-state index contributed by atoms with van der Waals surface area (Å²) in [6.45, 7) is 2.25. The average Bonchev–Trinajstić information content (AvgIpc) is 2.30. The molecule has 0 bridgehead atoms. The van der Waals surface area contributed by atoms with Gasteiger partial charge >= 0.3 is 0 Å². The Hall–Kier alpha value is -1.42. The van der Waals surface area contributed by atoms with E-state index in [2.05, 4.69) is 5.32 Å². The summed E-state index contributed by atoms with van der Waals surface area (Å²) in [6, 6.07) is 4.55. The molecule has 5 heteroatoms. The van der Waals surface area contributed by atoms with Crippen LogP contribution in [0.3, 0.4) is 0 Å². The van der Waals surface area contributed by atoms with E-state index in [4.69, 9.17) is 16.7 Å². The normalized spacial score (nSPS) is 12.1. The number of carbonyl (C=O) groups is 1. The highest BCUT2D eigenvalue weighted by molar-refractivity contribution is 6.18. The maximum Gasteiger partial charge on any atom is 0.223 e. The van der Waals surface area contributed by atoms with Gasteiger partial charge in [-0.1, -0.05) is 13.0 Å². The molecule has 0 fully saturated rings. The lowest BCUT2D eigenvalue weighted by Gasteiger charge is -2.11. The molecule has 0 aromatic heterocycles. The van der Waals surface area contributed by atoms with Gasteiger partial charge in [-0.3, -0.25) is 4.79 Å². The molecule has 1 aromatic carbocycles. The molecular formula is C12H16ClNO3. The molecule has 0 spiro atoms. The smallest absolute Gasteiger partial charge is 0.223 e. The third-order valence-corrected chi connectivity index (χ3v) is 2.61. The minimum Gasteiger partial charge on any atom is -0.504 e. The molecule has 1 aromatic rings. The number of benzene rings is 1. The topological polar surface area (TPSA) is 69.6 Å². The number of hydrogen-bond donors (Lipinski definition) is 3. The zero-order valence-electron chi connectivity index (χ0n) is 9.61. The van der Waals surface area contributed by atoms with Crippen molar-refractivity contribution < 1.29 is 15.0 Å². The fourth-order valence-electron chi connectivity index (χ4n) is 1.49. The van der Waals surface area contributed by atoms with Gasteiger partial charge in [-0.25, -0.2) is 0 Å². The van der Waals surface area contributed by atoms with Crippen molar-refractivity contribution in [3.63, 3.8) is 0 Å². The highest BCUT2D eigenvalue weighted by atomic mass is 35.5. The maximum atomic E-state index is 11.6. The van der Waals surface area contributed by atoms with E-state index in [1.807, 2.05) is 0 Å². The molecule has 1 amide bonds. The van der Waals surface area contributed by atoms with Crippen molar-refractivity contribution in [1.82, 2.24) is 5.32 Å². The number of rotatable bonds is 5. The summed E-state index contributed by atoms with van der Waals surface area (Å²) in [4.78, 5) is 11.6. The lowest BCUT2D eigenvalue weighted by molar-refractivity contribution is -0.124. The lowest BCUT2D eigenvalue weighted by atomic mass is 10.00. The number of aromatic hydroxyl groups is 2. The molecule has 94 valence electrons. The first-order chi connectivity index (χ1) is 8.04. The Balaban J connectivity index is 2.58. The second-order valence-electron chi connectivity index (χ2n) is 3.91. The number of halogens is 1. The van der Waals surface area contributed by atoms with Crippen molar-refractivity contribution in [2.45, 2.75) is 13.3 Å². The van der Waals surface area contributed by atoms with Gasteiger partial charge in [0.1, 0.15) is 0 Å². The summed E-state index contributed by atoms with van der Waals surface area (Å²) in [5.41, 5.74) is 0.800. The fourth-order valence-corrected chi connectivity index (χ4v) is 1.58. The number of carbonyl (C=O) groups excluding carboxylic acids is 1. The fraction of sp³-hybridized carbons (Fsp3) is 0.417. The Kier molecular flexibility index (Phi) is 5.10. The molecule has 0 radical (unpaired) electrons. The Morgan fingerprint density at radius 2 is 2.12 bits per heavy atom. The third kappa shape index (κ3) is 4.15. The molecule has 4 nitrogen and oxygen atoms in total. The van der Waals surface area contributed by atoms with Crippen LogP contribution in [0.15, 0.2) is 18.2 Å². The molecule has 0 aliphatic carbocycles. The molecule has 3 N–H and O–H groups in total. The van der Waals surface area contributed by atoms with Gasteiger partial charge in [0.15, 0.2) is 11.5 Å². The van der Waals surface area contributed by atoms with Crippen molar-refractivity contribution in [3.05, 3.63) is 23.8 Å². The number of nitrogens with one attached hydrogen (secondary N) is 1. The summed E-state index contributed by atoms with van der Waals surface area (Å²) in [5.74, 6) is -0.220. The van der Waals surface area contributed by atoms with Gasteiger partial charge in [0.25, 0.3) is 0 Å². The second-order valence-corrected chi connectivity index (χ2v) is 4.29. The van der Waals surface area contributed by atoms with Gasteiger partial charge in [0.2, 0.25) is 5.91 Å². The number of phenols is 2. The van der Waals surface area contributed by atoms with Gasteiger partial charge in [0.05, 0.1) is 0 Å². The number of hydrogen-bond acceptors (Lipinski definition) is 3. The second kappa shape index (κ2) is 6.35. The van der Waals surface area contributed by atoms with E-state index >= 15 is 0 Å². The molecule has 0 aliphatic heterocycles. The Labute approximate surface area is 105 Å². The van der Waals surface area contributed by atoms with Crippen LogP contribution in [0.4, 0.5) is 0 Å². The zero-order chi connectivity index (χ0) is 12.8. The number of alkyl halides is 1. The number of amides is 1. The molecule has 0 heterocycles. The van der Waals surface area contributed by atoms with E-state index in [9.17, 15) is 9.90 Å². The first-order valence-corrected chi connectivity index (χ1v) is 5.92. The summed E-state index contributed by atoms with van der Waals surface area (Å²) in [6.07, 6.45) is 0.502. The minimum atomic E-state index is -0.206. The Bertz CT molecular complexity index is 395. The number of phenolic OH excluding ortho intramolecular Hbond substituents is 2. The monoisotopic (exact) mass is 257 g/mol. The van der Waals surface area contributed by atoms with Crippen molar-refractivity contribution in [2.24, 2.45) is 5.92 Å². The van der Waals surface area contributed by atoms with E-state index in [0.29, 0.717) is 18.8 Å². The van der Waals surface area contributed by atoms with Crippen LogP contribution in [0.1, 0.15) is 12.5 Å². The largest absolute Gasteiger partial charge is 0.504 e. The maximum absolute atomic E-state index is 11.6. The van der Waals surface area contributed by atoms with Gasteiger partial charge in [-0.2, -0.15) is 0 Å². The standard InChI is InChI=1S/C12H16ClNO3/c1-8(12(17)14-5-4-13)6-9-2-3-10(15)11(16)7-9/h2-3,7-8,15-16H,4-6H2,1H3,(H,14,17). The summed E-state index contributed by atoms with van der Waals surface area (Å²) in [7, 11) is 0. The third-order valence-electron chi connectivity index (χ3n) is 2.42. The van der Waals surface area contributed by atoms with Crippen LogP contribution in [0.2, 0.25) is 0 Å². The first kappa shape index (κ1) is 13.6. The van der Waals surface area contributed by atoms with Crippen molar-refractivity contribution in [2.75, 3.05) is 12.4 Å². The molecule has 0 saturated heterocycles. The van der Waals surface area contributed by atoms with Crippen molar-refractivity contribution >= 4 is 17.5 Å². The SMILES string of the molecule is CC(Cc1ccc(O)c(O)c1)C(=O)NCCCl. The average molecular weight is 258 g/mol. The molecule has 0 aliphatic rings. The van der Waals surface area contributed by atoms with Crippen LogP contribution in [-0.2, 0) is 11.2 Å². The van der Waals surface area contributed by atoms with Gasteiger partial charge in [-0.15, -0.1) is 11.6 Å². The highest BCUT2D eigenvalue weighted by Gasteiger charge is 2.13. The van der Waals surface area contributed by atoms with E-state index in [0.717, 1.165) is 5.56 Å². The molecule has 17 heavy (non-hydrogen) atoms. The van der Waals surface area contributed by atoms with Crippen LogP contribution >= 0.6 is 11.6 Å². The van der Waals surface area contributed by atoms with E-state index in [1.54, 1.807) is 13.0 Å². The summed E-state index contributed by atoms with van der Waals surface area (Å²) in [5, 5.41) is 21.2. The van der Waals surface area contributed by atoms with Crippen LogP contribution in [0.5, 0.6) is 11.5 Å². The molecular weight excluding hydrogens is 242 g/mol. The molecule has 1 atom stereocenters. The quantitative estimate of drug-likeness (QED) is 0.555. The zero-order valence-corrected chi connectivity index (χ0v) is 10.4. The van der Waals surface area contributed by atoms with Gasteiger partial charge in [0, 0.05) is 18.3 Å². The molecule has 1 rings (SSSR count). The van der Waals surface area contributed by atoms with Crippen LogP contribution < -0.4 is 5.32 Å².